The molecule has 0 saturated heterocycles. The molecule has 2 nitrogen and oxygen atoms in total. The quantitative estimate of drug-likeness (QED) is 0.858. The molecule has 0 aliphatic carbocycles. The van der Waals surface area contributed by atoms with Gasteiger partial charge in [-0.05, 0) is 43.2 Å². The van der Waals surface area contributed by atoms with E-state index in [2.05, 4.69) is 19.2 Å². The highest BCUT2D eigenvalue weighted by Gasteiger charge is 2.10. The lowest BCUT2D eigenvalue weighted by Crippen LogP contribution is -2.22. The van der Waals surface area contributed by atoms with Gasteiger partial charge in [0.1, 0.15) is 17.3 Å². The van der Waals surface area contributed by atoms with Gasteiger partial charge in [-0.3, -0.25) is 0 Å². The van der Waals surface area contributed by atoms with Crippen LogP contribution in [-0.2, 0) is 6.54 Å². The molecule has 0 spiro atoms. The fraction of sp³-hybridized carbons (Fsp3) is 0.333. The molecule has 0 aromatic heterocycles. The number of ether oxygens (including phenoxy) is 1. The molecule has 0 aliphatic rings. The van der Waals surface area contributed by atoms with Crippen molar-refractivity contribution in [1.82, 2.24) is 5.32 Å². The Labute approximate surface area is 126 Å². The molecule has 0 fully saturated rings. The van der Waals surface area contributed by atoms with Crippen LogP contribution in [0.15, 0.2) is 36.4 Å². The summed E-state index contributed by atoms with van der Waals surface area (Å²) in [5, 5.41) is 3.30. The second kappa shape index (κ2) is 6.72. The van der Waals surface area contributed by atoms with Crippen LogP contribution in [0.5, 0.6) is 11.5 Å². The van der Waals surface area contributed by atoms with Gasteiger partial charge in [0.2, 0.25) is 0 Å². The lowest BCUT2D eigenvalue weighted by atomic mass is 10.1. The van der Waals surface area contributed by atoms with Crippen LogP contribution in [0.4, 0.5) is 4.39 Å². The summed E-state index contributed by atoms with van der Waals surface area (Å²) in [5.41, 5.74) is 2.97. The van der Waals surface area contributed by atoms with Gasteiger partial charge < -0.3 is 10.1 Å². The van der Waals surface area contributed by atoms with Crippen LogP contribution in [0.25, 0.3) is 0 Å². The fourth-order valence-corrected chi connectivity index (χ4v) is 2.17. The van der Waals surface area contributed by atoms with E-state index in [1.165, 1.54) is 12.1 Å². The van der Waals surface area contributed by atoms with E-state index >= 15 is 0 Å². The van der Waals surface area contributed by atoms with Crippen molar-refractivity contribution in [3.05, 3.63) is 58.9 Å². The van der Waals surface area contributed by atoms with Crippen molar-refractivity contribution < 1.29 is 9.13 Å². The van der Waals surface area contributed by atoms with Crippen molar-refractivity contribution in [2.75, 3.05) is 0 Å². The number of aryl methyl sites for hydroxylation is 2. The molecule has 21 heavy (non-hydrogen) atoms. The highest BCUT2D eigenvalue weighted by molar-refractivity contribution is 5.45. The summed E-state index contributed by atoms with van der Waals surface area (Å²) in [5.74, 6) is 1.29. The fourth-order valence-electron chi connectivity index (χ4n) is 2.17. The standard InChI is InChI=1S/C18H22FNO/c1-12(2)20-11-15-10-16(19)8-9-17(15)21-18-13(3)6-5-7-14(18)4/h5-10,12,20H,11H2,1-4H3. The number of nitrogens with one attached hydrogen (secondary N) is 1. The summed E-state index contributed by atoms with van der Waals surface area (Å²) >= 11 is 0. The van der Waals surface area contributed by atoms with Gasteiger partial charge in [0.15, 0.2) is 0 Å². The number of hydrogen-bond donors (Lipinski definition) is 1. The van der Waals surface area contributed by atoms with Gasteiger partial charge in [0.25, 0.3) is 0 Å². The normalized spacial score (nSPS) is 11.0. The Balaban J connectivity index is 2.31. The van der Waals surface area contributed by atoms with Crippen LogP contribution in [0.3, 0.4) is 0 Å². The van der Waals surface area contributed by atoms with E-state index in [4.69, 9.17) is 4.74 Å². The van der Waals surface area contributed by atoms with Crippen molar-refractivity contribution >= 4 is 0 Å². The molecule has 2 aromatic rings. The van der Waals surface area contributed by atoms with Crippen LogP contribution in [0.2, 0.25) is 0 Å². The molecule has 0 amide bonds. The largest absolute Gasteiger partial charge is 0.456 e. The number of hydrogen-bond acceptors (Lipinski definition) is 2. The van der Waals surface area contributed by atoms with Gasteiger partial charge in [-0.1, -0.05) is 32.0 Å². The topological polar surface area (TPSA) is 21.3 Å². The van der Waals surface area contributed by atoms with Crippen molar-refractivity contribution in [2.45, 2.75) is 40.3 Å². The van der Waals surface area contributed by atoms with Gasteiger partial charge in [-0.15, -0.1) is 0 Å². The summed E-state index contributed by atoms with van der Waals surface area (Å²) in [6.45, 7) is 8.72. The van der Waals surface area contributed by atoms with Crippen LogP contribution in [-0.4, -0.2) is 6.04 Å². The minimum atomic E-state index is -0.246. The molecular weight excluding hydrogens is 265 g/mol. The molecule has 0 aliphatic heterocycles. The summed E-state index contributed by atoms with van der Waals surface area (Å²) in [6.07, 6.45) is 0. The van der Waals surface area contributed by atoms with Crippen LogP contribution < -0.4 is 10.1 Å². The number of para-hydroxylation sites is 1. The second-order valence-corrected chi connectivity index (χ2v) is 5.61. The third-order valence-electron chi connectivity index (χ3n) is 3.34. The highest BCUT2D eigenvalue weighted by Crippen LogP contribution is 2.31. The Morgan fingerprint density at radius 2 is 1.76 bits per heavy atom. The third kappa shape index (κ3) is 4.05. The molecule has 1 N–H and O–H groups in total. The Hall–Kier alpha value is -1.87. The molecule has 3 heteroatoms. The number of rotatable bonds is 5. The van der Waals surface area contributed by atoms with Crippen LogP contribution in [0.1, 0.15) is 30.5 Å². The molecule has 0 heterocycles. The SMILES string of the molecule is Cc1cccc(C)c1Oc1ccc(F)cc1CNC(C)C. The molecule has 0 unspecified atom stereocenters. The first-order chi connectivity index (χ1) is 9.97. The average Bonchev–Trinajstić information content (AvgIpc) is 2.42. The zero-order valence-corrected chi connectivity index (χ0v) is 13.0. The van der Waals surface area contributed by atoms with Crippen LogP contribution >= 0.6 is 0 Å². The Morgan fingerprint density at radius 3 is 2.38 bits per heavy atom. The summed E-state index contributed by atoms with van der Waals surface area (Å²) in [4.78, 5) is 0. The zero-order valence-electron chi connectivity index (χ0n) is 13.0. The van der Waals surface area contributed by atoms with E-state index in [0.29, 0.717) is 18.3 Å². The number of halogens is 1. The van der Waals surface area contributed by atoms with Crippen molar-refractivity contribution in [1.29, 1.82) is 0 Å². The Kier molecular flexibility index (Phi) is 4.97. The summed E-state index contributed by atoms with van der Waals surface area (Å²) in [7, 11) is 0. The zero-order chi connectivity index (χ0) is 15.4. The average molecular weight is 287 g/mol. The molecule has 2 aromatic carbocycles. The molecule has 0 bridgehead atoms. The van der Waals surface area contributed by atoms with Crippen molar-refractivity contribution in [3.63, 3.8) is 0 Å². The van der Waals surface area contributed by atoms with E-state index in [1.807, 2.05) is 32.0 Å². The molecular formula is C18H22FNO. The molecule has 0 saturated carbocycles. The van der Waals surface area contributed by atoms with Gasteiger partial charge in [0, 0.05) is 18.2 Å². The first kappa shape index (κ1) is 15.5. The van der Waals surface area contributed by atoms with Gasteiger partial charge in [0.05, 0.1) is 0 Å². The number of benzene rings is 2. The minimum absolute atomic E-state index is 0.246. The molecule has 0 radical (unpaired) electrons. The van der Waals surface area contributed by atoms with E-state index < -0.39 is 0 Å². The van der Waals surface area contributed by atoms with Crippen molar-refractivity contribution in [3.8, 4) is 11.5 Å². The van der Waals surface area contributed by atoms with E-state index in [9.17, 15) is 4.39 Å². The Bertz CT molecular complexity index is 602. The smallest absolute Gasteiger partial charge is 0.133 e. The van der Waals surface area contributed by atoms with Crippen LogP contribution in [0, 0.1) is 19.7 Å². The lowest BCUT2D eigenvalue weighted by Gasteiger charge is -2.16. The van der Waals surface area contributed by atoms with E-state index in [-0.39, 0.29) is 5.82 Å². The van der Waals surface area contributed by atoms with Gasteiger partial charge in [-0.25, -0.2) is 4.39 Å². The van der Waals surface area contributed by atoms with Gasteiger partial charge >= 0.3 is 0 Å². The molecule has 2 rings (SSSR count). The maximum Gasteiger partial charge on any atom is 0.133 e. The predicted molar refractivity (Wildman–Crippen MR) is 84.4 cm³/mol. The second-order valence-electron chi connectivity index (χ2n) is 5.61. The first-order valence-electron chi connectivity index (χ1n) is 7.23. The maximum absolute atomic E-state index is 13.5. The Morgan fingerprint density at radius 1 is 1.10 bits per heavy atom. The first-order valence-corrected chi connectivity index (χ1v) is 7.23. The lowest BCUT2D eigenvalue weighted by molar-refractivity contribution is 0.460. The predicted octanol–water partition coefficient (Wildman–Crippen LogP) is 4.73. The highest BCUT2D eigenvalue weighted by atomic mass is 19.1. The van der Waals surface area contributed by atoms with Crippen molar-refractivity contribution in [2.24, 2.45) is 0 Å². The monoisotopic (exact) mass is 287 g/mol. The third-order valence-corrected chi connectivity index (χ3v) is 3.34. The summed E-state index contributed by atoms with van der Waals surface area (Å²) < 4.78 is 19.5. The molecule has 112 valence electrons. The van der Waals surface area contributed by atoms with E-state index in [1.54, 1.807) is 6.07 Å². The van der Waals surface area contributed by atoms with Gasteiger partial charge in [-0.2, -0.15) is 0 Å². The minimum Gasteiger partial charge on any atom is -0.456 e. The van der Waals surface area contributed by atoms with E-state index in [0.717, 1.165) is 22.4 Å². The molecule has 0 atom stereocenters. The maximum atomic E-state index is 13.5. The summed E-state index contributed by atoms with van der Waals surface area (Å²) in [6, 6.07) is 11.0.